The maximum Gasteiger partial charge on any atom is 0.412 e. The quantitative estimate of drug-likeness (QED) is 0.658. The molecule has 0 spiro atoms. The summed E-state index contributed by atoms with van der Waals surface area (Å²) in [5.74, 6) is -0.0770. The van der Waals surface area contributed by atoms with Crippen LogP contribution >= 0.6 is 0 Å². The minimum absolute atomic E-state index is 0.0424. The number of carbonyl (C=O) groups is 2. The second kappa shape index (κ2) is 6.13. The summed E-state index contributed by atoms with van der Waals surface area (Å²) in [4.78, 5) is 23.1. The van der Waals surface area contributed by atoms with Gasteiger partial charge >= 0.3 is 6.09 Å². The van der Waals surface area contributed by atoms with E-state index in [1.807, 2.05) is 12.1 Å². The normalized spacial score (nSPS) is 10.5. The summed E-state index contributed by atoms with van der Waals surface area (Å²) in [5, 5.41) is 20.2. The van der Waals surface area contributed by atoms with E-state index in [2.05, 4.69) is 35.9 Å². The second-order valence-corrected chi connectivity index (χ2v) is 4.64. The standard InChI is InChI=1S/C13H13N7O3/c1-23-13(22)16-11-6-20(19-18-11)7-12(21)15-9-2-3-10-8(4-9)5-14-17-10/h2-6H,7H2,1H3,(H,14,17)(H,15,21)(H,16,22). The lowest BCUT2D eigenvalue weighted by atomic mass is 10.2. The third-order valence-corrected chi connectivity index (χ3v) is 2.98. The number of methoxy groups -OCH3 is 1. The van der Waals surface area contributed by atoms with Crippen LogP contribution in [0.1, 0.15) is 0 Å². The van der Waals surface area contributed by atoms with Crippen molar-refractivity contribution in [2.24, 2.45) is 0 Å². The number of anilines is 2. The molecule has 0 aliphatic carbocycles. The minimum atomic E-state index is -0.657. The van der Waals surface area contributed by atoms with E-state index in [0.29, 0.717) is 5.69 Å². The number of carbonyl (C=O) groups excluding carboxylic acids is 2. The molecule has 0 fully saturated rings. The summed E-state index contributed by atoms with van der Waals surface area (Å²) in [5.41, 5.74) is 1.54. The van der Waals surface area contributed by atoms with Crippen LogP contribution in [0.25, 0.3) is 10.9 Å². The van der Waals surface area contributed by atoms with Gasteiger partial charge in [-0.25, -0.2) is 9.48 Å². The van der Waals surface area contributed by atoms with Gasteiger partial charge in [-0.15, -0.1) is 5.10 Å². The molecule has 3 aromatic rings. The lowest BCUT2D eigenvalue weighted by Gasteiger charge is -2.04. The van der Waals surface area contributed by atoms with Gasteiger partial charge in [0.25, 0.3) is 0 Å². The van der Waals surface area contributed by atoms with Crippen LogP contribution in [0.3, 0.4) is 0 Å². The molecule has 2 heterocycles. The molecule has 0 unspecified atom stereocenters. The predicted octanol–water partition coefficient (Wildman–Crippen LogP) is 0.971. The Bertz CT molecular complexity index is 854. The monoisotopic (exact) mass is 315 g/mol. The minimum Gasteiger partial charge on any atom is -0.453 e. The third-order valence-electron chi connectivity index (χ3n) is 2.98. The zero-order valence-corrected chi connectivity index (χ0v) is 12.1. The highest BCUT2D eigenvalue weighted by Gasteiger charge is 2.09. The molecule has 1 aromatic carbocycles. The molecule has 10 heteroatoms. The molecule has 118 valence electrons. The van der Waals surface area contributed by atoms with Crippen molar-refractivity contribution in [2.45, 2.75) is 6.54 Å². The number of nitrogens with zero attached hydrogens (tertiary/aromatic N) is 4. The van der Waals surface area contributed by atoms with Crippen LogP contribution in [0, 0.1) is 0 Å². The van der Waals surface area contributed by atoms with Gasteiger partial charge in [-0.3, -0.25) is 15.2 Å². The van der Waals surface area contributed by atoms with Crippen LogP contribution in [0.5, 0.6) is 0 Å². The van der Waals surface area contributed by atoms with Crippen molar-refractivity contribution >= 4 is 34.4 Å². The van der Waals surface area contributed by atoms with Crippen LogP contribution in [0.2, 0.25) is 0 Å². The molecule has 23 heavy (non-hydrogen) atoms. The van der Waals surface area contributed by atoms with Crippen molar-refractivity contribution in [2.75, 3.05) is 17.7 Å². The zero-order valence-electron chi connectivity index (χ0n) is 12.1. The number of aromatic amines is 1. The number of aromatic nitrogens is 5. The average Bonchev–Trinajstić information content (AvgIpc) is 3.15. The number of amides is 2. The molecule has 0 radical (unpaired) electrons. The second-order valence-electron chi connectivity index (χ2n) is 4.64. The average molecular weight is 315 g/mol. The summed E-state index contributed by atoms with van der Waals surface area (Å²) in [6.07, 6.45) is 2.44. The van der Waals surface area contributed by atoms with Crippen molar-refractivity contribution in [3.63, 3.8) is 0 Å². The van der Waals surface area contributed by atoms with E-state index in [4.69, 9.17) is 0 Å². The van der Waals surface area contributed by atoms with Crippen molar-refractivity contribution in [1.29, 1.82) is 0 Å². The number of hydrogen-bond acceptors (Lipinski definition) is 6. The zero-order chi connectivity index (χ0) is 16.2. The number of ether oxygens (including phenoxy) is 1. The first-order chi connectivity index (χ1) is 11.1. The summed E-state index contributed by atoms with van der Waals surface area (Å²) in [6.45, 7) is -0.0424. The van der Waals surface area contributed by atoms with Gasteiger partial charge < -0.3 is 10.1 Å². The van der Waals surface area contributed by atoms with Crippen LogP contribution in [0.15, 0.2) is 30.6 Å². The Morgan fingerprint density at radius 1 is 1.35 bits per heavy atom. The molecule has 2 aromatic heterocycles. The Labute approximate surface area is 129 Å². The molecule has 10 nitrogen and oxygen atoms in total. The molecule has 0 saturated carbocycles. The van der Waals surface area contributed by atoms with Crippen LogP contribution < -0.4 is 10.6 Å². The third kappa shape index (κ3) is 3.43. The predicted molar refractivity (Wildman–Crippen MR) is 80.8 cm³/mol. The highest BCUT2D eigenvalue weighted by atomic mass is 16.5. The van der Waals surface area contributed by atoms with Gasteiger partial charge in [0.15, 0.2) is 5.82 Å². The van der Waals surface area contributed by atoms with E-state index in [-0.39, 0.29) is 18.3 Å². The van der Waals surface area contributed by atoms with E-state index in [9.17, 15) is 9.59 Å². The number of benzene rings is 1. The molecular formula is C13H13N7O3. The van der Waals surface area contributed by atoms with Gasteiger partial charge in [0.05, 0.1) is 25.0 Å². The molecule has 3 rings (SSSR count). The molecule has 0 atom stereocenters. The van der Waals surface area contributed by atoms with Crippen molar-refractivity contribution in [3.8, 4) is 0 Å². The first-order valence-corrected chi connectivity index (χ1v) is 6.62. The van der Waals surface area contributed by atoms with Crippen LogP contribution in [0.4, 0.5) is 16.3 Å². The number of H-pyrrole nitrogens is 1. The number of rotatable bonds is 4. The molecule has 3 N–H and O–H groups in total. The largest absolute Gasteiger partial charge is 0.453 e. The first-order valence-electron chi connectivity index (χ1n) is 6.62. The molecule has 0 saturated heterocycles. The molecule has 0 bridgehead atoms. The Morgan fingerprint density at radius 3 is 3.04 bits per heavy atom. The molecule has 0 aliphatic heterocycles. The summed E-state index contributed by atoms with van der Waals surface area (Å²) < 4.78 is 5.74. The van der Waals surface area contributed by atoms with Crippen LogP contribution in [-0.2, 0) is 16.1 Å². The number of fused-ring (bicyclic) bond motifs is 1. The summed E-state index contributed by atoms with van der Waals surface area (Å²) in [6, 6.07) is 5.40. The molecular weight excluding hydrogens is 302 g/mol. The van der Waals surface area contributed by atoms with Crippen LogP contribution in [-0.4, -0.2) is 44.3 Å². The van der Waals surface area contributed by atoms with E-state index in [1.165, 1.54) is 18.0 Å². The first kappa shape index (κ1) is 14.5. The fraction of sp³-hybridized carbons (Fsp3) is 0.154. The van der Waals surface area contributed by atoms with E-state index < -0.39 is 6.09 Å². The van der Waals surface area contributed by atoms with E-state index in [0.717, 1.165) is 10.9 Å². The SMILES string of the molecule is COC(=O)Nc1cn(CC(=O)Nc2ccc3[nH]ncc3c2)nn1. The fourth-order valence-electron chi connectivity index (χ4n) is 1.96. The van der Waals surface area contributed by atoms with Gasteiger partial charge in [-0.1, -0.05) is 5.21 Å². The molecule has 0 aliphatic rings. The van der Waals surface area contributed by atoms with Gasteiger partial charge in [0, 0.05) is 11.1 Å². The number of hydrogen-bond donors (Lipinski definition) is 3. The van der Waals surface area contributed by atoms with E-state index in [1.54, 1.807) is 12.3 Å². The van der Waals surface area contributed by atoms with Gasteiger partial charge in [0.2, 0.25) is 5.91 Å². The smallest absolute Gasteiger partial charge is 0.412 e. The number of nitrogens with one attached hydrogen (secondary N) is 3. The van der Waals surface area contributed by atoms with Crippen molar-refractivity contribution in [1.82, 2.24) is 25.2 Å². The van der Waals surface area contributed by atoms with Crippen molar-refractivity contribution in [3.05, 3.63) is 30.6 Å². The Hall–Kier alpha value is -3.43. The Kier molecular flexibility index (Phi) is 3.87. The van der Waals surface area contributed by atoms with E-state index >= 15 is 0 Å². The van der Waals surface area contributed by atoms with Gasteiger partial charge in [0.1, 0.15) is 6.54 Å². The lowest BCUT2D eigenvalue weighted by molar-refractivity contribution is -0.116. The maximum atomic E-state index is 12.0. The Morgan fingerprint density at radius 2 is 2.22 bits per heavy atom. The lowest BCUT2D eigenvalue weighted by Crippen LogP contribution is -2.19. The fourth-order valence-corrected chi connectivity index (χ4v) is 1.96. The van der Waals surface area contributed by atoms with Gasteiger partial charge in [-0.2, -0.15) is 5.10 Å². The summed E-state index contributed by atoms with van der Waals surface area (Å²) >= 11 is 0. The van der Waals surface area contributed by atoms with Gasteiger partial charge in [-0.05, 0) is 18.2 Å². The summed E-state index contributed by atoms with van der Waals surface area (Å²) in [7, 11) is 1.24. The Balaban J connectivity index is 1.61. The molecule has 2 amide bonds. The topological polar surface area (TPSA) is 127 Å². The highest BCUT2D eigenvalue weighted by Crippen LogP contribution is 2.16. The van der Waals surface area contributed by atoms with Crippen molar-refractivity contribution < 1.29 is 14.3 Å². The highest BCUT2D eigenvalue weighted by molar-refractivity contribution is 5.93. The maximum absolute atomic E-state index is 12.0.